The van der Waals surface area contributed by atoms with Gasteiger partial charge in [-0.25, -0.2) is 4.98 Å². The van der Waals surface area contributed by atoms with E-state index >= 15 is 0 Å². The van der Waals surface area contributed by atoms with E-state index in [9.17, 15) is 0 Å². The molecule has 0 N–H and O–H groups in total. The Balaban J connectivity index is 0.887. The number of aromatic nitrogens is 2. The van der Waals surface area contributed by atoms with Crippen LogP contribution < -0.4 is 14.5 Å². The summed E-state index contributed by atoms with van der Waals surface area (Å²) in [5, 5.41) is 4.11. The zero-order chi connectivity index (χ0) is 49.7. The molecule has 0 spiro atoms. The van der Waals surface area contributed by atoms with Crippen LogP contribution in [0.1, 0.15) is 62.3 Å². The Morgan fingerprint density at radius 1 is 0.507 bits per heavy atom. The predicted molar refractivity (Wildman–Crippen MR) is 287 cm³/mol. The average molecular weight is 902 g/mol. The molecule has 8 aromatic carbocycles. The number of anilines is 4. The number of ether oxygens (including phenoxy) is 1. The number of furan rings is 1. The van der Waals surface area contributed by atoms with Crippen molar-refractivity contribution in [2.45, 2.75) is 59.2 Å². The largest absolute Gasteiger partial charge is 0.457 e. The maximum atomic E-state index is 8.83. The van der Waals surface area contributed by atoms with E-state index in [-0.39, 0.29) is 16.4 Å². The summed E-state index contributed by atoms with van der Waals surface area (Å²) in [6.45, 7) is 11.9. The lowest BCUT2D eigenvalue weighted by molar-refractivity contribution is 0.483. The van der Waals surface area contributed by atoms with E-state index in [0.29, 0.717) is 29.5 Å². The third kappa shape index (κ3) is 7.48. The zero-order valence-corrected chi connectivity index (χ0v) is 39.7. The smallest absolute Gasteiger partial charge is 0.137 e. The van der Waals surface area contributed by atoms with Crippen molar-refractivity contribution in [3.05, 3.63) is 205 Å². The van der Waals surface area contributed by atoms with Crippen molar-refractivity contribution in [2.24, 2.45) is 0 Å². The van der Waals surface area contributed by atoms with Gasteiger partial charge < -0.3 is 19.0 Å². The molecular formula is C63H54N4O2. The summed E-state index contributed by atoms with van der Waals surface area (Å²) in [6.07, 6.45) is 1.71. The van der Waals surface area contributed by atoms with Crippen LogP contribution in [0.5, 0.6) is 11.5 Å². The Morgan fingerprint density at radius 2 is 1.16 bits per heavy atom. The minimum absolute atomic E-state index is 0.0111. The summed E-state index contributed by atoms with van der Waals surface area (Å²) in [7, 11) is 0. The van der Waals surface area contributed by atoms with Crippen molar-refractivity contribution in [3.8, 4) is 39.6 Å². The second-order valence-corrected chi connectivity index (χ2v) is 20.4. The van der Waals surface area contributed by atoms with E-state index in [2.05, 4.69) is 130 Å². The van der Waals surface area contributed by atoms with Gasteiger partial charge in [0.1, 0.15) is 35.2 Å². The van der Waals surface area contributed by atoms with Crippen LogP contribution in [0.4, 0.5) is 22.7 Å². The molecule has 0 bridgehead atoms. The van der Waals surface area contributed by atoms with E-state index in [4.69, 9.17) is 18.3 Å². The Bertz CT molecular complexity index is 3890. The molecule has 0 aliphatic carbocycles. The highest BCUT2D eigenvalue weighted by Crippen LogP contribution is 2.47. The number of fused-ring (bicyclic) bond motifs is 7. The molecule has 338 valence electrons. The number of hydrogen-bond acceptors (Lipinski definition) is 5. The van der Waals surface area contributed by atoms with Crippen molar-refractivity contribution in [2.75, 3.05) is 16.5 Å². The van der Waals surface area contributed by atoms with Gasteiger partial charge in [0.25, 0.3) is 0 Å². The third-order valence-electron chi connectivity index (χ3n) is 13.7. The van der Waals surface area contributed by atoms with Gasteiger partial charge in [0.2, 0.25) is 0 Å². The molecule has 69 heavy (non-hydrogen) atoms. The number of hydrogen-bond donors (Lipinski definition) is 0. The van der Waals surface area contributed by atoms with Gasteiger partial charge >= 0.3 is 0 Å². The third-order valence-corrected chi connectivity index (χ3v) is 13.7. The van der Waals surface area contributed by atoms with Crippen LogP contribution in [-0.2, 0) is 10.8 Å². The molecular weight excluding hydrogens is 845 g/mol. The van der Waals surface area contributed by atoms with E-state index in [1.807, 2.05) is 102 Å². The van der Waals surface area contributed by atoms with Gasteiger partial charge in [-0.1, -0.05) is 126 Å². The van der Waals surface area contributed by atoms with Gasteiger partial charge in [-0.05, 0) is 136 Å². The first kappa shape index (κ1) is 39.0. The van der Waals surface area contributed by atoms with Crippen LogP contribution in [0.3, 0.4) is 0 Å². The second-order valence-electron chi connectivity index (χ2n) is 20.4. The molecule has 0 fully saturated rings. The molecule has 0 saturated carbocycles. The lowest BCUT2D eigenvalue weighted by atomic mass is 9.80. The average Bonchev–Trinajstić information content (AvgIpc) is 4.05. The Labute approximate surface area is 407 Å². The van der Waals surface area contributed by atoms with Gasteiger partial charge in [0.15, 0.2) is 0 Å². The zero-order valence-electron chi connectivity index (χ0n) is 42.7. The topological polar surface area (TPSA) is 46.7 Å². The highest BCUT2D eigenvalue weighted by Gasteiger charge is 2.30. The van der Waals surface area contributed by atoms with E-state index in [1.165, 1.54) is 16.8 Å². The summed E-state index contributed by atoms with van der Waals surface area (Å²) in [5.74, 6) is 1.85. The van der Waals surface area contributed by atoms with Crippen LogP contribution in [0.15, 0.2) is 193 Å². The summed E-state index contributed by atoms with van der Waals surface area (Å²) >= 11 is 0. The van der Waals surface area contributed by atoms with Crippen LogP contribution in [-0.4, -0.2) is 16.2 Å². The quantitative estimate of drug-likeness (QED) is 0.159. The van der Waals surface area contributed by atoms with Crippen LogP contribution in [0.25, 0.3) is 71.8 Å². The molecule has 1 aliphatic heterocycles. The fourth-order valence-corrected chi connectivity index (χ4v) is 9.97. The number of para-hydroxylation sites is 4. The van der Waals surface area contributed by atoms with Gasteiger partial charge in [0.05, 0.1) is 22.4 Å². The van der Waals surface area contributed by atoms with Gasteiger partial charge in [0, 0.05) is 60.9 Å². The summed E-state index contributed by atoms with van der Waals surface area (Å²) in [5.41, 5.74) is 14.0. The minimum Gasteiger partial charge on any atom is -0.457 e. The summed E-state index contributed by atoms with van der Waals surface area (Å²) in [4.78, 5) is 9.81. The second kappa shape index (κ2) is 16.0. The minimum atomic E-state index is -2.44. The first-order valence-corrected chi connectivity index (χ1v) is 23.7. The molecule has 1 aliphatic rings. The molecule has 11 aromatic rings. The van der Waals surface area contributed by atoms with Crippen molar-refractivity contribution in [1.82, 2.24) is 9.55 Å². The van der Waals surface area contributed by atoms with E-state index in [1.54, 1.807) is 12.3 Å². The molecule has 0 radical (unpaired) electrons. The Hall–Kier alpha value is -8.09. The molecule has 0 saturated heterocycles. The molecule has 0 atom stereocenters. The summed E-state index contributed by atoms with van der Waals surface area (Å²) < 4.78 is 41.4. The number of rotatable bonds is 7. The lowest BCUT2D eigenvalue weighted by Crippen LogP contribution is -2.25. The SMILES string of the molecule is [2H]C([2H])([2H])c1cc(-n2c3ccccc3c3ccc(Oc4cccc(N5CN(c6cc(C(C)(C)C)cc(C(C)(C)C)c6)c6ccccc65)c4)cc32)ncc1-c1cccc(-c2ccc3oc4ccccc4c3c2)c1. The van der Waals surface area contributed by atoms with Crippen molar-refractivity contribution in [3.63, 3.8) is 0 Å². The summed E-state index contributed by atoms with van der Waals surface area (Å²) in [6, 6.07) is 62.2. The predicted octanol–water partition coefficient (Wildman–Crippen LogP) is 17.4. The van der Waals surface area contributed by atoms with E-state index in [0.717, 1.165) is 77.5 Å². The van der Waals surface area contributed by atoms with Crippen molar-refractivity contribution in [1.29, 1.82) is 0 Å². The van der Waals surface area contributed by atoms with Crippen molar-refractivity contribution >= 4 is 66.5 Å². The molecule has 3 aromatic heterocycles. The Kier molecular flexibility index (Phi) is 9.05. The standard InChI is InChI=1S/C63H54N4O2/c1-40-30-61(64-38-54(40)43-17-14-16-41(31-43)42-26-29-60-53(32-42)52-21-9-13-25-59(52)69-60)67-55-22-10-8-20-50(55)51-28-27-49(37-58(51)67)68-48-19-15-18-46(36-48)65-39-66(57-24-12-11-23-56(57)65)47-34-44(62(2,3)4)33-45(35-47)63(5,6)7/h8-38H,39H2,1-7H3/i1D3. The normalized spacial score (nSPS) is 13.9. The van der Waals surface area contributed by atoms with Gasteiger partial charge in [-0.15, -0.1) is 0 Å². The fourth-order valence-electron chi connectivity index (χ4n) is 9.97. The molecule has 4 heterocycles. The fraction of sp³-hybridized carbons (Fsp3) is 0.159. The number of aryl methyl sites for hydroxylation is 1. The van der Waals surface area contributed by atoms with Crippen LogP contribution in [0, 0.1) is 6.85 Å². The maximum Gasteiger partial charge on any atom is 0.137 e. The number of pyridine rings is 1. The number of benzene rings is 8. The van der Waals surface area contributed by atoms with E-state index < -0.39 is 6.85 Å². The molecule has 12 rings (SSSR count). The highest BCUT2D eigenvalue weighted by atomic mass is 16.5. The first-order chi connectivity index (χ1) is 34.5. The highest BCUT2D eigenvalue weighted by molar-refractivity contribution is 6.10. The molecule has 6 heteroatoms. The first-order valence-electron chi connectivity index (χ1n) is 25.2. The Morgan fingerprint density at radius 3 is 1.94 bits per heavy atom. The van der Waals surface area contributed by atoms with Gasteiger partial charge in [-0.3, -0.25) is 4.57 Å². The molecule has 0 amide bonds. The monoisotopic (exact) mass is 901 g/mol. The van der Waals surface area contributed by atoms with Crippen LogP contribution >= 0.6 is 0 Å². The van der Waals surface area contributed by atoms with Crippen molar-refractivity contribution < 1.29 is 13.3 Å². The number of nitrogens with zero attached hydrogens (tertiary/aromatic N) is 4. The molecule has 0 unspecified atom stereocenters. The maximum absolute atomic E-state index is 8.83. The van der Waals surface area contributed by atoms with Gasteiger partial charge in [-0.2, -0.15) is 0 Å². The lowest BCUT2D eigenvalue weighted by Gasteiger charge is -2.29. The molecule has 6 nitrogen and oxygen atoms in total. The van der Waals surface area contributed by atoms with Crippen LogP contribution in [0.2, 0.25) is 0 Å².